The van der Waals surface area contributed by atoms with Crippen LogP contribution in [0.25, 0.3) is 0 Å². The van der Waals surface area contributed by atoms with Gasteiger partial charge in [-0.15, -0.1) is 0 Å². The van der Waals surface area contributed by atoms with Crippen LogP contribution < -0.4 is 4.74 Å². The number of unbranched alkanes of at least 4 members (excludes halogenated alkanes) is 1. The number of hydrogen-bond donors (Lipinski definition) is 0. The Balaban J connectivity index is 1.66. The van der Waals surface area contributed by atoms with Gasteiger partial charge in [0.05, 0.1) is 6.61 Å². The van der Waals surface area contributed by atoms with Crippen LogP contribution in [-0.4, -0.2) is 6.61 Å². The van der Waals surface area contributed by atoms with Crippen LogP contribution in [0.5, 0.6) is 5.75 Å². The summed E-state index contributed by atoms with van der Waals surface area (Å²) in [5.74, 6) is 3.03. The van der Waals surface area contributed by atoms with Gasteiger partial charge >= 0.3 is 0 Å². The van der Waals surface area contributed by atoms with Gasteiger partial charge in [0, 0.05) is 0 Å². The molecule has 0 unspecified atom stereocenters. The lowest BCUT2D eigenvalue weighted by atomic mass is 9.81. The van der Waals surface area contributed by atoms with Crippen molar-refractivity contribution in [2.75, 3.05) is 6.61 Å². The van der Waals surface area contributed by atoms with Crippen LogP contribution in [-0.2, 0) is 12.8 Å². The van der Waals surface area contributed by atoms with E-state index in [0.717, 1.165) is 37.0 Å². The maximum absolute atomic E-state index is 6.00. The molecule has 0 spiro atoms. The summed E-state index contributed by atoms with van der Waals surface area (Å²) in [4.78, 5) is 0. The van der Waals surface area contributed by atoms with Crippen molar-refractivity contribution in [2.45, 2.75) is 78.6 Å². The highest BCUT2D eigenvalue weighted by molar-refractivity contribution is 5.34. The molecule has 1 aromatic carbocycles. The Morgan fingerprint density at radius 1 is 0.909 bits per heavy atom. The largest absolute Gasteiger partial charge is 0.494 e. The first-order chi connectivity index (χ1) is 10.7. The van der Waals surface area contributed by atoms with Gasteiger partial charge in [-0.05, 0) is 60.8 Å². The van der Waals surface area contributed by atoms with E-state index in [9.17, 15) is 0 Å². The number of aryl methyl sites for hydroxylation is 2. The fraction of sp³-hybridized carbons (Fsp3) is 0.714. The monoisotopic (exact) mass is 302 g/mol. The highest BCUT2D eigenvalue weighted by Crippen LogP contribution is 2.31. The molecule has 1 saturated carbocycles. The minimum Gasteiger partial charge on any atom is -0.494 e. The van der Waals surface area contributed by atoms with Crippen LogP contribution in [0.4, 0.5) is 0 Å². The van der Waals surface area contributed by atoms with Gasteiger partial charge in [-0.25, -0.2) is 0 Å². The molecule has 0 atom stereocenters. The van der Waals surface area contributed by atoms with E-state index in [1.807, 2.05) is 0 Å². The summed E-state index contributed by atoms with van der Waals surface area (Å²) in [6, 6.07) is 6.72. The lowest BCUT2D eigenvalue weighted by Crippen LogP contribution is -2.12. The third kappa shape index (κ3) is 5.66. The molecule has 2 rings (SSSR count). The molecule has 0 saturated heterocycles. The normalized spacial score (nSPS) is 21.8. The first-order valence-corrected chi connectivity index (χ1v) is 9.46. The summed E-state index contributed by atoms with van der Waals surface area (Å²) in [7, 11) is 0. The SMILES string of the molecule is CCc1cc(CC)cc(OCCCCC2CCC(C)CC2)c1. The second-order valence-corrected chi connectivity index (χ2v) is 7.16. The Morgan fingerprint density at radius 3 is 2.14 bits per heavy atom. The molecular weight excluding hydrogens is 268 g/mol. The Kier molecular flexibility index (Phi) is 7.29. The Labute approximate surface area is 137 Å². The van der Waals surface area contributed by atoms with E-state index in [0.29, 0.717) is 0 Å². The standard InChI is InChI=1S/C21H34O/c1-4-18-14-19(5-2)16-21(15-18)22-13-7-6-8-20-11-9-17(3)10-12-20/h14-17,20H,4-13H2,1-3H3. The van der Waals surface area contributed by atoms with Gasteiger partial charge in [0.25, 0.3) is 0 Å². The Morgan fingerprint density at radius 2 is 1.55 bits per heavy atom. The fourth-order valence-electron chi connectivity index (χ4n) is 3.56. The molecule has 1 aliphatic rings. The van der Waals surface area contributed by atoms with Crippen molar-refractivity contribution < 1.29 is 4.74 Å². The number of rotatable bonds is 8. The predicted molar refractivity (Wildman–Crippen MR) is 95.7 cm³/mol. The molecule has 1 fully saturated rings. The summed E-state index contributed by atoms with van der Waals surface area (Å²) in [6.45, 7) is 7.70. The fourth-order valence-corrected chi connectivity index (χ4v) is 3.56. The molecule has 124 valence electrons. The van der Waals surface area contributed by atoms with Crippen molar-refractivity contribution in [3.05, 3.63) is 29.3 Å². The molecule has 0 N–H and O–H groups in total. The molecule has 0 amide bonds. The zero-order valence-corrected chi connectivity index (χ0v) is 14.9. The summed E-state index contributed by atoms with van der Waals surface area (Å²) < 4.78 is 6.00. The molecule has 1 aromatic rings. The summed E-state index contributed by atoms with van der Waals surface area (Å²) in [5.41, 5.74) is 2.79. The Bertz CT molecular complexity index is 407. The highest BCUT2D eigenvalue weighted by atomic mass is 16.5. The molecule has 0 aromatic heterocycles. The molecule has 0 aliphatic heterocycles. The Hall–Kier alpha value is -0.980. The zero-order valence-electron chi connectivity index (χ0n) is 14.9. The topological polar surface area (TPSA) is 9.23 Å². The van der Waals surface area contributed by atoms with Crippen LogP contribution in [0.1, 0.15) is 76.8 Å². The molecule has 22 heavy (non-hydrogen) atoms. The number of hydrogen-bond acceptors (Lipinski definition) is 1. The van der Waals surface area contributed by atoms with Gasteiger partial charge < -0.3 is 4.74 Å². The van der Waals surface area contributed by atoms with Gasteiger partial charge in [-0.3, -0.25) is 0 Å². The quantitative estimate of drug-likeness (QED) is 0.520. The van der Waals surface area contributed by atoms with Crippen LogP contribution >= 0.6 is 0 Å². The van der Waals surface area contributed by atoms with E-state index in [1.165, 1.54) is 56.1 Å². The smallest absolute Gasteiger partial charge is 0.119 e. The number of ether oxygens (including phenoxy) is 1. The maximum Gasteiger partial charge on any atom is 0.119 e. The second kappa shape index (κ2) is 9.22. The molecular formula is C21H34O. The third-order valence-corrected chi connectivity index (χ3v) is 5.25. The van der Waals surface area contributed by atoms with E-state index in [1.54, 1.807) is 0 Å². The van der Waals surface area contributed by atoms with Crippen molar-refractivity contribution in [2.24, 2.45) is 11.8 Å². The van der Waals surface area contributed by atoms with Crippen molar-refractivity contribution in [1.82, 2.24) is 0 Å². The average Bonchev–Trinajstić information content (AvgIpc) is 2.55. The van der Waals surface area contributed by atoms with Crippen molar-refractivity contribution in [3.63, 3.8) is 0 Å². The zero-order chi connectivity index (χ0) is 15.8. The lowest BCUT2D eigenvalue weighted by Gasteiger charge is -2.26. The summed E-state index contributed by atoms with van der Waals surface area (Å²) >= 11 is 0. The van der Waals surface area contributed by atoms with E-state index in [-0.39, 0.29) is 0 Å². The summed E-state index contributed by atoms with van der Waals surface area (Å²) in [5, 5.41) is 0. The van der Waals surface area contributed by atoms with E-state index in [4.69, 9.17) is 4.74 Å². The van der Waals surface area contributed by atoms with E-state index in [2.05, 4.69) is 39.0 Å². The first kappa shape index (κ1) is 17.4. The van der Waals surface area contributed by atoms with Gasteiger partial charge in [0.1, 0.15) is 5.75 Å². The van der Waals surface area contributed by atoms with Gasteiger partial charge in [-0.2, -0.15) is 0 Å². The van der Waals surface area contributed by atoms with Crippen LogP contribution in [0.15, 0.2) is 18.2 Å². The third-order valence-electron chi connectivity index (χ3n) is 5.25. The van der Waals surface area contributed by atoms with Gasteiger partial charge in [0.15, 0.2) is 0 Å². The molecule has 1 aliphatic carbocycles. The molecule has 1 heteroatoms. The summed E-state index contributed by atoms with van der Waals surface area (Å²) in [6.07, 6.45) is 11.9. The highest BCUT2D eigenvalue weighted by Gasteiger charge is 2.17. The predicted octanol–water partition coefficient (Wildman–Crippen LogP) is 6.19. The van der Waals surface area contributed by atoms with E-state index >= 15 is 0 Å². The minimum atomic E-state index is 0.874. The number of benzene rings is 1. The maximum atomic E-state index is 6.00. The first-order valence-electron chi connectivity index (χ1n) is 9.46. The average molecular weight is 303 g/mol. The molecule has 0 radical (unpaired) electrons. The van der Waals surface area contributed by atoms with Crippen molar-refractivity contribution >= 4 is 0 Å². The van der Waals surface area contributed by atoms with Crippen LogP contribution in [0, 0.1) is 11.8 Å². The van der Waals surface area contributed by atoms with Gasteiger partial charge in [-0.1, -0.05) is 58.9 Å². The minimum absolute atomic E-state index is 0.874. The van der Waals surface area contributed by atoms with E-state index < -0.39 is 0 Å². The van der Waals surface area contributed by atoms with Crippen LogP contribution in [0.3, 0.4) is 0 Å². The van der Waals surface area contributed by atoms with Crippen molar-refractivity contribution in [3.8, 4) is 5.75 Å². The molecule has 1 nitrogen and oxygen atoms in total. The van der Waals surface area contributed by atoms with Gasteiger partial charge in [0.2, 0.25) is 0 Å². The lowest BCUT2D eigenvalue weighted by molar-refractivity contribution is 0.257. The molecule has 0 heterocycles. The van der Waals surface area contributed by atoms with Crippen molar-refractivity contribution in [1.29, 1.82) is 0 Å². The van der Waals surface area contributed by atoms with Crippen LogP contribution in [0.2, 0.25) is 0 Å². The molecule has 0 bridgehead atoms. The second-order valence-electron chi connectivity index (χ2n) is 7.16.